The summed E-state index contributed by atoms with van der Waals surface area (Å²) in [6.07, 6.45) is 1.91. The smallest absolute Gasteiger partial charge is 0.245 e. The first-order chi connectivity index (χ1) is 9.87. The maximum Gasteiger partial charge on any atom is 0.245 e. The second-order valence-electron chi connectivity index (χ2n) is 5.00. The van der Waals surface area contributed by atoms with Crippen molar-refractivity contribution in [3.63, 3.8) is 0 Å². The number of piperidine rings is 1. The molecule has 1 atom stereocenters. The second kappa shape index (κ2) is 6.31. The average Bonchev–Trinajstić information content (AvgIpc) is 2.46. The van der Waals surface area contributed by atoms with Crippen molar-refractivity contribution in [1.29, 1.82) is 0 Å². The maximum atomic E-state index is 12.7. The number of nitrogens with two attached hydrogens (primary N) is 2. The van der Waals surface area contributed by atoms with Crippen LogP contribution in [0.1, 0.15) is 24.8 Å². The van der Waals surface area contributed by atoms with Crippen LogP contribution in [0.2, 0.25) is 5.02 Å². The molecule has 0 aromatic heterocycles. The van der Waals surface area contributed by atoms with Crippen molar-refractivity contribution in [2.45, 2.75) is 36.7 Å². The van der Waals surface area contributed by atoms with Gasteiger partial charge in [0.15, 0.2) is 0 Å². The lowest BCUT2D eigenvalue weighted by molar-refractivity contribution is -0.122. The van der Waals surface area contributed by atoms with Crippen LogP contribution >= 0.6 is 11.6 Å². The van der Waals surface area contributed by atoms with Crippen LogP contribution < -0.4 is 11.5 Å². The molecule has 1 saturated heterocycles. The van der Waals surface area contributed by atoms with Crippen molar-refractivity contribution in [3.05, 3.63) is 28.8 Å². The number of halogens is 1. The summed E-state index contributed by atoms with van der Waals surface area (Å²) in [5, 5.41) is 0.103. The third kappa shape index (κ3) is 3.21. The van der Waals surface area contributed by atoms with E-state index in [0.29, 0.717) is 12.8 Å². The van der Waals surface area contributed by atoms with Crippen LogP contribution in [0.4, 0.5) is 0 Å². The van der Waals surface area contributed by atoms with Gasteiger partial charge in [-0.25, -0.2) is 8.42 Å². The van der Waals surface area contributed by atoms with E-state index < -0.39 is 22.0 Å². The van der Waals surface area contributed by atoms with Crippen molar-refractivity contribution >= 4 is 27.5 Å². The fourth-order valence-electron chi connectivity index (χ4n) is 2.48. The molecule has 1 aliphatic heterocycles. The minimum absolute atomic E-state index is 0.0190. The SMILES string of the molecule is NCc1ccc(S(=O)(=O)N2CCCCC2C(N)=O)c(Cl)c1. The van der Waals surface area contributed by atoms with Gasteiger partial charge in [-0.3, -0.25) is 4.79 Å². The average molecular weight is 332 g/mol. The van der Waals surface area contributed by atoms with E-state index in [9.17, 15) is 13.2 Å². The second-order valence-corrected chi connectivity index (χ2v) is 7.26. The number of nitrogens with zero attached hydrogens (tertiary/aromatic N) is 1. The minimum Gasteiger partial charge on any atom is -0.368 e. The number of amides is 1. The van der Waals surface area contributed by atoms with E-state index in [4.69, 9.17) is 23.1 Å². The lowest BCUT2D eigenvalue weighted by Gasteiger charge is -2.32. The highest BCUT2D eigenvalue weighted by Gasteiger charge is 2.37. The Hall–Kier alpha value is -1.15. The summed E-state index contributed by atoms with van der Waals surface area (Å²) in [5.41, 5.74) is 11.6. The van der Waals surface area contributed by atoms with Crippen molar-refractivity contribution in [2.24, 2.45) is 11.5 Å². The first-order valence-electron chi connectivity index (χ1n) is 6.67. The van der Waals surface area contributed by atoms with Crippen molar-refractivity contribution in [3.8, 4) is 0 Å². The monoisotopic (exact) mass is 331 g/mol. The molecule has 0 aliphatic carbocycles. The lowest BCUT2D eigenvalue weighted by atomic mass is 10.0. The Morgan fingerprint density at radius 3 is 2.67 bits per heavy atom. The highest BCUT2D eigenvalue weighted by atomic mass is 35.5. The number of benzene rings is 1. The van der Waals surface area contributed by atoms with Gasteiger partial charge in [-0.15, -0.1) is 0 Å². The lowest BCUT2D eigenvalue weighted by Crippen LogP contribution is -2.50. The van der Waals surface area contributed by atoms with Crippen LogP contribution in [-0.4, -0.2) is 31.2 Å². The molecule has 0 bridgehead atoms. The Morgan fingerprint density at radius 2 is 2.10 bits per heavy atom. The molecule has 1 unspecified atom stereocenters. The Morgan fingerprint density at radius 1 is 1.38 bits per heavy atom. The predicted octanol–water partition coefficient (Wildman–Crippen LogP) is 0.827. The molecule has 21 heavy (non-hydrogen) atoms. The van der Waals surface area contributed by atoms with E-state index in [-0.39, 0.29) is 23.0 Å². The van der Waals surface area contributed by atoms with E-state index in [2.05, 4.69) is 0 Å². The molecular formula is C13H18ClN3O3S. The van der Waals surface area contributed by atoms with Gasteiger partial charge in [0.1, 0.15) is 10.9 Å². The van der Waals surface area contributed by atoms with Crippen LogP contribution in [-0.2, 0) is 21.4 Å². The maximum absolute atomic E-state index is 12.7. The van der Waals surface area contributed by atoms with Crippen LogP contribution in [0, 0.1) is 0 Å². The summed E-state index contributed by atoms with van der Waals surface area (Å²) in [4.78, 5) is 11.5. The van der Waals surface area contributed by atoms with Gasteiger partial charge in [-0.1, -0.05) is 24.1 Å². The molecule has 1 aromatic rings. The standard InChI is InChI=1S/C13H18ClN3O3S/c14-10-7-9(8-15)4-5-12(10)21(19,20)17-6-2-1-3-11(17)13(16)18/h4-5,7,11H,1-3,6,8,15H2,(H2,16,18). The first kappa shape index (κ1) is 16.2. The molecule has 1 aromatic carbocycles. The molecular weight excluding hydrogens is 314 g/mol. The van der Waals surface area contributed by atoms with E-state index in [1.807, 2.05) is 0 Å². The summed E-state index contributed by atoms with van der Waals surface area (Å²) < 4.78 is 26.6. The minimum atomic E-state index is -3.85. The zero-order chi connectivity index (χ0) is 15.6. The number of primary amides is 1. The summed E-state index contributed by atoms with van der Waals surface area (Å²) >= 11 is 6.06. The number of carbonyl (C=O) groups excluding carboxylic acids is 1. The molecule has 1 aliphatic rings. The molecule has 6 nitrogen and oxygen atoms in total. The first-order valence-corrected chi connectivity index (χ1v) is 8.49. The molecule has 0 radical (unpaired) electrons. The molecule has 2 rings (SSSR count). The molecule has 1 heterocycles. The molecule has 8 heteroatoms. The van der Waals surface area contributed by atoms with Gasteiger partial charge in [-0.2, -0.15) is 4.31 Å². The predicted molar refractivity (Wildman–Crippen MR) is 80.1 cm³/mol. The van der Waals surface area contributed by atoms with Crippen molar-refractivity contribution < 1.29 is 13.2 Å². The summed E-state index contributed by atoms with van der Waals surface area (Å²) in [7, 11) is -3.85. The fourth-order valence-corrected chi connectivity index (χ4v) is 4.69. The van der Waals surface area contributed by atoms with Crippen molar-refractivity contribution in [2.75, 3.05) is 6.54 Å². The summed E-state index contributed by atoms with van der Waals surface area (Å²) in [6, 6.07) is 3.75. The molecule has 116 valence electrons. The number of carbonyl (C=O) groups is 1. The Labute approximate surface area is 129 Å². The zero-order valence-electron chi connectivity index (χ0n) is 11.5. The number of rotatable bonds is 4. The largest absolute Gasteiger partial charge is 0.368 e. The van der Waals surface area contributed by atoms with Crippen molar-refractivity contribution in [1.82, 2.24) is 4.31 Å². The van der Waals surface area contributed by atoms with E-state index in [1.165, 1.54) is 12.1 Å². The van der Waals surface area contributed by atoms with E-state index in [1.54, 1.807) is 6.07 Å². The van der Waals surface area contributed by atoms with Gasteiger partial charge in [0.2, 0.25) is 15.9 Å². The van der Waals surface area contributed by atoms with Gasteiger partial charge in [-0.05, 0) is 30.5 Å². The molecule has 4 N–H and O–H groups in total. The third-order valence-electron chi connectivity index (χ3n) is 3.60. The molecule has 0 saturated carbocycles. The Balaban J connectivity index is 2.43. The third-order valence-corrected chi connectivity index (χ3v) is 5.99. The summed E-state index contributed by atoms with van der Waals surface area (Å²) in [6.45, 7) is 0.540. The van der Waals surface area contributed by atoms with Gasteiger partial charge in [0.05, 0.1) is 5.02 Å². The molecule has 1 fully saturated rings. The molecule has 1 amide bonds. The highest BCUT2D eigenvalue weighted by molar-refractivity contribution is 7.89. The van der Waals surface area contributed by atoms with E-state index in [0.717, 1.165) is 16.3 Å². The van der Waals surface area contributed by atoms with Crippen LogP contribution in [0.15, 0.2) is 23.1 Å². The van der Waals surface area contributed by atoms with Gasteiger partial charge < -0.3 is 11.5 Å². The fraction of sp³-hybridized carbons (Fsp3) is 0.462. The normalized spacial score (nSPS) is 20.4. The van der Waals surface area contributed by atoms with Gasteiger partial charge >= 0.3 is 0 Å². The zero-order valence-corrected chi connectivity index (χ0v) is 13.0. The Bertz CT molecular complexity index is 648. The van der Waals surface area contributed by atoms with Gasteiger partial charge in [0.25, 0.3) is 0 Å². The van der Waals surface area contributed by atoms with Crippen LogP contribution in [0.5, 0.6) is 0 Å². The summed E-state index contributed by atoms with van der Waals surface area (Å²) in [5.74, 6) is -0.632. The van der Waals surface area contributed by atoms with E-state index >= 15 is 0 Å². The number of sulfonamides is 1. The quantitative estimate of drug-likeness (QED) is 0.852. The van der Waals surface area contributed by atoms with Crippen LogP contribution in [0.25, 0.3) is 0 Å². The highest BCUT2D eigenvalue weighted by Crippen LogP contribution is 2.30. The van der Waals surface area contributed by atoms with Gasteiger partial charge in [0, 0.05) is 13.1 Å². The number of hydrogen-bond donors (Lipinski definition) is 2. The number of hydrogen-bond acceptors (Lipinski definition) is 4. The Kier molecular flexibility index (Phi) is 4.88. The van der Waals surface area contributed by atoms with Crippen LogP contribution in [0.3, 0.4) is 0 Å². The molecule has 0 spiro atoms. The topological polar surface area (TPSA) is 106 Å².